The average molecular weight is 293 g/mol. The molecule has 0 aromatic carbocycles. The highest BCUT2D eigenvalue weighted by Crippen LogP contribution is 2.39. The van der Waals surface area contributed by atoms with Crippen molar-refractivity contribution in [2.45, 2.75) is 49.0 Å². The zero-order valence-electron chi connectivity index (χ0n) is 14.0. The van der Waals surface area contributed by atoms with Crippen molar-refractivity contribution in [1.29, 1.82) is 0 Å². The molecule has 0 spiro atoms. The number of ketones is 1. The maximum absolute atomic E-state index is 12.4. The number of rotatable bonds is 4. The Morgan fingerprint density at radius 2 is 1.57 bits per heavy atom. The van der Waals surface area contributed by atoms with Crippen molar-refractivity contribution in [1.82, 2.24) is 4.90 Å². The second-order valence-electron chi connectivity index (χ2n) is 6.25. The van der Waals surface area contributed by atoms with Crippen molar-refractivity contribution in [3.63, 3.8) is 0 Å². The van der Waals surface area contributed by atoms with Gasteiger partial charge in [0.1, 0.15) is 5.76 Å². The molecule has 3 heteroatoms. The van der Waals surface area contributed by atoms with E-state index in [1.165, 1.54) is 0 Å². The van der Waals surface area contributed by atoms with Crippen LogP contribution in [0.4, 0.5) is 0 Å². The van der Waals surface area contributed by atoms with Crippen LogP contribution in [0, 0.1) is 11.8 Å². The Labute approximate surface area is 130 Å². The molecule has 0 saturated carbocycles. The number of hydrogen-bond acceptors (Lipinski definition) is 3. The Morgan fingerprint density at radius 3 is 1.90 bits per heavy atom. The Bertz CT molecular complexity index is 519. The fraction of sp³-hybridized carbons (Fsp3) is 0.611. The first-order valence-corrected chi connectivity index (χ1v) is 7.15. The second kappa shape index (κ2) is 6.97. The number of allylic oxidation sites excluding steroid dienone is 5. The van der Waals surface area contributed by atoms with Gasteiger partial charge in [-0.2, -0.15) is 0 Å². The highest BCUT2D eigenvalue weighted by atomic mass is 16.3. The van der Waals surface area contributed by atoms with Gasteiger partial charge in [-0.15, -0.1) is 0 Å². The zero-order chi connectivity index (χ0) is 15.8. The van der Waals surface area contributed by atoms with Gasteiger partial charge in [-0.05, 0) is 38.2 Å². The van der Waals surface area contributed by atoms with Crippen molar-refractivity contribution in [2.75, 3.05) is 14.1 Å². The van der Waals surface area contributed by atoms with Crippen molar-refractivity contribution >= 4 is 5.78 Å². The van der Waals surface area contributed by atoms with Crippen LogP contribution in [0.3, 0.4) is 0 Å². The zero-order valence-corrected chi connectivity index (χ0v) is 14.0. The van der Waals surface area contributed by atoms with Crippen LogP contribution in [-0.2, 0) is 4.79 Å². The van der Waals surface area contributed by atoms with Gasteiger partial charge in [0.25, 0.3) is 0 Å². The van der Waals surface area contributed by atoms with E-state index in [-0.39, 0.29) is 24.9 Å². The molecule has 0 bridgehead atoms. The summed E-state index contributed by atoms with van der Waals surface area (Å²) in [4.78, 5) is 14.3. The molecular formula is C18H31NO2. The minimum Gasteiger partial charge on any atom is -0.506 e. The number of carbonyl (C=O) groups is 1. The van der Waals surface area contributed by atoms with E-state index in [0.717, 1.165) is 16.8 Å². The highest BCUT2D eigenvalue weighted by molar-refractivity contribution is 6.22. The summed E-state index contributed by atoms with van der Waals surface area (Å²) in [6.07, 6.45) is 0. The van der Waals surface area contributed by atoms with Crippen LogP contribution in [0.5, 0.6) is 0 Å². The minimum absolute atomic E-state index is 0. The molecule has 1 aliphatic rings. The summed E-state index contributed by atoms with van der Waals surface area (Å²) in [5.74, 6) is 0.883. The lowest BCUT2D eigenvalue weighted by atomic mass is 9.76. The third-order valence-electron chi connectivity index (χ3n) is 4.59. The van der Waals surface area contributed by atoms with Crippen LogP contribution in [0.15, 0.2) is 33.7 Å². The highest BCUT2D eigenvalue weighted by Gasteiger charge is 2.37. The molecule has 0 aromatic heterocycles. The monoisotopic (exact) mass is 293 g/mol. The first kappa shape index (κ1) is 19.5. The van der Waals surface area contributed by atoms with Crippen molar-refractivity contribution < 1.29 is 9.90 Å². The normalized spacial score (nSPS) is 19.8. The maximum Gasteiger partial charge on any atom is 0.200 e. The van der Waals surface area contributed by atoms with Crippen LogP contribution in [-0.4, -0.2) is 29.9 Å². The minimum atomic E-state index is -0.0220. The van der Waals surface area contributed by atoms with E-state index in [1.54, 1.807) is 0 Å². The number of Topliss-reactive ketones (excluding diaryl/α,β-unsaturated/α-hetero) is 1. The molecule has 0 fully saturated rings. The molecule has 0 aromatic rings. The molecule has 1 rings (SSSR count). The Balaban J connectivity index is 0.00000400. The second-order valence-corrected chi connectivity index (χ2v) is 6.25. The number of nitrogens with zero attached hydrogens (tertiary/aromatic N) is 1. The van der Waals surface area contributed by atoms with Gasteiger partial charge in [0, 0.05) is 19.8 Å². The lowest BCUT2D eigenvalue weighted by molar-refractivity contribution is -0.113. The summed E-state index contributed by atoms with van der Waals surface area (Å²) in [5.41, 5.74) is 3.83. The van der Waals surface area contributed by atoms with E-state index in [2.05, 4.69) is 20.8 Å². The number of aliphatic hydroxyl groups excluding tert-OH is 1. The first-order chi connectivity index (χ1) is 9.11. The van der Waals surface area contributed by atoms with Crippen LogP contribution in [0.1, 0.15) is 49.0 Å². The summed E-state index contributed by atoms with van der Waals surface area (Å²) in [7, 11) is 3.87. The van der Waals surface area contributed by atoms with Crippen molar-refractivity contribution in [3.05, 3.63) is 33.7 Å². The molecule has 1 aliphatic carbocycles. The van der Waals surface area contributed by atoms with E-state index in [9.17, 15) is 9.90 Å². The van der Waals surface area contributed by atoms with Gasteiger partial charge in [0.15, 0.2) is 0 Å². The summed E-state index contributed by atoms with van der Waals surface area (Å²) in [5, 5.41) is 10.3. The predicted molar refractivity (Wildman–Crippen MR) is 90.2 cm³/mol. The predicted octanol–water partition coefficient (Wildman–Crippen LogP) is 4.48. The standard InChI is InChI=1S/C17H27NO2.CH4/c1-9(2)10(3)11(4)14-16(19)15(17(14)20)12(5)13(6)18(7)8;/h9-10,19H,1-8H3;1H4/b13-12-,14-11-;. The molecule has 0 aliphatic heterocycles. The summed E-state index contributed by atoms with van der Waals surface area (Å²) >= 11 is 0. The smallest absolute Gasteiger partial charge is 0.200 e. The van der Waals surface area contributed by atoms with E-state index < -0.39 is 0 Å². The van der Waals surface area contributed by atoms with Gasteiger partial charge in [0.2, 0.25) is 5.78 Å². The molecule has 1 atom stereocenters. The average Bonchev–Trinajstić information content (AvgIpc) is 2.36. The molecule has 0 radical (unpaired) electrons. The van der Waals surface area contributed by atoms with Gasteiger partial charge in [-0.1, -0.05) is 33.8 Å². The van der Waals surface area contributed by atoms with Crippen molar-refractivity contribution in [2.24, 2.45) is 11.8 Å². The lowest BCUT2D eigenvalue weighted by Crippen LogP contribution is -2.28. The molecule has 21 heavy (non-hydrogen) atoms. The first-order valence-electron chi connectivity index (χ1n) is 7.15. The van der Waals surface area contributed by atoms with Crippen LogP contribution in [0.25, 0.3) is 0 Å². The van der Waals surface area contributed by atoms with Crippen molar-refractivity contribution in [3.8, 4) is 0 Å². The fourth-order valence-corrected chi connectivity index (χ4v) is 2.36. The van der Waals surface area contributed by atoms with E-state index in [0.29, 0.717) is 17.1 Å². The van der Waals surface area contributed by atoms with E-state index in [4.69, 9.17) is 0 Å². The molecule has 0 saturated heterocycles. The lowest BCUT2D eigenvalue weighted by Gasteiger charge is -2.29. The molecule has 120 valence electrons. The van der Waals surface area contributed by atoms with Crippen LogP contribution in [0.2, 0.25) is 0 Å². The number of aliphatic hydroxyl groups is 1. The number of carbonyl (C=O) groups excluding carboxylic acids is 1. The van der Waals surface area contributed by atoms with Gasteiger partial charge in [-0.3, -0.25) is 4.79 Å². The van der Waals surface area contributed by atoms with E-state index in [1.807, 2.05) is 39.8 Å². The topological polar surface area (TPSA) is 40.5 Å². The Morgan fingerprint density at radius 1 is 1.10 bits per heavy atom. The number of hydrogen-bond donors (Lipinski definition) is 1. The molecule has 1 unspecified atom stereocenters. The van der Waals surface area contributed by atoms with Gasteiger partial charge in [-0.25, -0.2) is 0 Å². The largest absolute Gasteiger partial charge is 0.506 e. The summed E-state index contributed by atoms with van der Waals surface area (Å²) in [6.45, 7) is 12.1. The maximum atomic E-state index is 12.4. The molecule has 3 nitrogen and oxygen atoms in total. The molecular weight excluding hydrogens is 262 g/mol. The molecule has 0 heterocycles. The third-order valence-corrected chi connectivity index (χ3v) is 4.59. The van der Waals surface area contributed by atoms with Gasteiger partial charge >= 0.3 is 0 Å². The Hall–Kier alpha value is -1.51. The summed E-state index contributed by atoms with van der Waals surface area (Å²) in [6, 6.07) is 0. The Kier molecular flexibility index (Phi) is 6.47. The summed E-state index contributed by atoms with van der Waals surface area (Å²) < 4.78 is 0. The van der Waals surface area contributed by atoms with E-state index >= 15 is 0 Å². The quantitative estimate of drug-likeness (QED) is 0.777. The fourth-order valence-electron chi connectivity index (χ4n) is 2.36. The van der Waals surface area contributed by atoms with Gasteiger partial charge < -0.3 is 10.0 Å². The van der Waals surface area contributed by atoms with Crippen LogP contribution >= 0.6 is 0 Å². The molecule has 0 amide bonds. The van der Waals surface area contributed by atoms with Gasteiger partial charge in [0.05, 0.1) is 11.1 Å². The SMILES string of the molecule is C.C/C(C1=C(O)/C(=C(\C)C(C)C(C)C)C1=O)=C(\C)N(C)C. The van der Waals surface area contributed by atoms with Crippen LogP contribution < -0.4 is 0 Å². The third kappa shape index (κ3) is 3.39. The molecule has 1 N–H and O–H groups in total.